The van der Waals surface area contributed by atoms with E-state index in [1.165, 1.54) is 24.3 Å². The maximum Gasteiger partial charge on any atom is 0.492 e. The van der Waals surface area contributed by atoms with Crippen LogP contribution in [0.3, 0.4) is 0 Å². The highest BCUT2D eigenvalue weighted by Gasteiger charge is 2.52. The highest BCUT2D eigenvalue weighted by atomic mass is 19.1. The van der Waals surface area contributed by atoms with Crippen molar-refractivity contribution < 1.29 is 28.7 Å². The first-order valence-electron chi connectivity index (χ1n) is 7.93. The fourth-order valence-corrected chi connectivity index (χ4v) is 2.34. The van der Waals surface area contributed by atoms with Crippen LogP contribution < -0.4 is 0 Å². The number of aliphatic carboxylic acids is 1. The lowest BCUT2D eigenvalue weighted by Crippen LogP contribution is -2.41. The summed E-state index contributed by atoms with van der Waals surface area (Å²) in [6.45, 7) is 7.36. The zero-order valence-electron chi connectivity index (χ0n) is 14.7. The SMILES string of the molecule is CC1(C)OB(C(=Cc2ccc(F)c(/C=C/C(=O)O)c2)CO)OC1(C)C. The first-order chi connectivity index (χ1) is 11.6. The number of benzene rings is 1. The van der Waals surface area contributed by atoms with Crippen LogP contribution >= 0.6 is 0 Å². The predicted molar refractivity (Wildman–Crippen MR) is 94.2 cm³/mol. The Balaban J connectivity index is 2.32. The molecule has 0 spiro atoms. The first kappa shape index (κ1) is 19.4. The highest BCUT2D eigenvalue weighted by Crippen LogP contribution is 2.38. The number of carboxylic acid groups (broad SMARTS) is 1. The van der Waals surface area contributed by atoms with E-state index in [2.05, 4.69) is 0 Å². The largest absolute Gasteiger partial charge is 0.492 e. The first-order valence-corrected chi connectivity index (χ1v) is 7.93. The fourth-order valence-electron chi connectivity index (χ4n) is 2.34. The maximum atomic E-state index is 13.8. The summed E-state index contributed by atoms with van der Waals surface area (Å²) in [5.74, 6) is -1.69. The third-order valence-electron chi connectivity index (χ3n) is 4.52. The summed E-state index contributed by atoms with van der Waals surface area (Å²) in [6, 6.07) is 4.27. The molecule has 0 saturated carbocycles. The molecule has 1 saturated heterocycles. The number of halogens is 1. The minimum atomic E-state index is -1.16. The van der Waals surface area contributed by atoms with Gasteiger partial charge in [0.25, 0.3) is 0 Å². The summed E-state index contributed by atoms with van der Waals surface area (Å²) >= 11 is 0. The average Bonchev–Trinajstić information content (AvgIpc) is 2.72. The van der Waals surface area contributed by atoms with E-state index in [1.54, 1.807) is 6.08 Å². The van der Waals surface area contributed by atoms with Gasteiger partial charge in [-0.25, -0.2) is 9.18 Å². The Bertz CT molecular complexity index is 708. The van der Waals surface area contributed by atoms with Crippen molar-refractivity contribution in [1.29, 1.82) is 0 Å². The molecule has 0 aliphatic carbocycles. The fraction of sp³-hybridized carbons (Fsp3) is 0.389. The zero-order valence-corrected chi connectivity index (χ0v) is 14.7. The van der Waals surface area contributed by atoms with Crippen LogP contribution in [0.25, 0.3) is 12.2 Å². The molecule has 2 rings (SSSR count). The molecule has 1 aliphatic heterocycles. The van der Waals surface area contributed by atoms with Gasteiger partial charge in [0.15, 0.2) is 0 Å². The van der Waals surface area contributed by atoms with Gasteiger partial charge in [-0.15, -0.1) is 0 Å². The second kappa shape index (κ2) is 7.11. The van der Waals surface area contributed by atoms with Crippen molar-refractivity contribution in [1.82, 2.24) is 0 Å². The van der Waals surface area contributed by atoms with E-state index >= 15 is 0 Å². The Hall–Kier alpha value is -1.96. The zero-order chi connectivity index (χ0) is 18.8. The molecule has 7 heteroatoms. The van der Waals surface area contributed by atoms with E-state index in [0.717, 1.165) is 6.08 Å². The van der Waals surface area contributed by atoms with Crippen molar-refractivity contribution in [3.8, 4) is 0 Å². The van der Waals surface area contributed by atoms with Gasteiger partial charge in [0.2, 0.25) is 0 Å². The Labute approximate surface area is 146 Å². The number of hydrogen-bond donors (Lipinski definition) is 2. The number of aliphatic hydroxyl groups excluding tert-OH is 1. The maximum absolute atomic E-state index is 13.8. The number of rotatable bonds is 5. The monoisotopic (exact) mass is 348 g/mol. The van der Waals surface area contributed by atoms with Crippen molar-refractivity contribution >= 4 is 25.2 Å². The van der Waals surface area contributed by atoms with E-state index in [1.807, 2.05) is 27.7 Å². The lowest BCUT2D eigenvalue weighted by atomic mass is 9.77. The van der Waals surface area contributed by atoms with Crippen molar-refractivity contribution in [2.24, 2.45) is 0 Å². The third-order valence-corrected chi connectivity index (χ3v) is 4.52. The standard InChI is InChI=1S/C18H22BFO5/c1-17(2)18(3,4)25-19(24-17)14(11-21)10-12-5-7-15(20)13(9-12)6-8-16(22)23/h5-10,21H,11H2,1-4H3,(H,22,23)/b8-6+,14-10?. The van der Waals surface area contributed by atoms with Crippen LogP contribution in [0, 0.1) is 5.82 Å². The topological polar surface area (TPSA) is 76.0 Å². The number of carbonyl (C=O) groups is 1. The molecule has 134 valence electrons. The Morgan fingerprint density at radius 3 is 2.36 bits per heavy atom. The quantitative estimate of drug-likeness (QED) is 0.632. The molecule has 0 unspecified atom stereocenters. The summed E-state index contributed by atoms with van der Waals surface area (Å²) in [5, 5.41) is 18.4. The molecule has 0 atom stereocenters. The Morgan fingerprint density at radius 1 is 1.24 bits per heavy atom. The average molecular weight is 348 g/mol. The third kappa shape index (κ3) is 4.37. The molecule has 1 aromatic carbocycles. The van der Waals surface area contributed by atoms with Crippen LogP contribution in [0.4, 0.5) is 4.39 Å². The second-order valence-electron chi connectivity index (χ2n) is 6.92. The van der Waals surface area contributed by atoms with Gasteiger partial charge in [-0.1, -0.05) is 12.1 Å². The molecule has 1 heterocycles. The Morgan fingerprint density at radius 2 is 1.84 bits per heavy atom. The van der Waals surface area contributed by atoms with Crippen LogP contribution in [0.1, 0.15) is 38.8 Å². The molecular formula is C18H22BFO5. The molecule has 1 fully saturated rings. The van der Waals surface area contributed by atoms with Gasteiger partial charge >= 0.3 is 13.1 Å². The summed E-state index contributed by atoms with van der Waals surface area (Å²) in [4.78, 5) is 10.6. The van der Waals surface area contributed by atoms with Crippen LogP contribution in [-0.2, 0) is 14.1 Å². The summed E-state index contributed by atoms with van der Waals surface area (Å²) < 4.78 is 25.6. The van der Waals surface area contributed by atoms with Gasteiger partial charge in [0.1, 0.15) is 5.82 Å². The molecule has 2 N–H and O–H groups in total. The molecular weight excluding hydrogens is 326 g/mol. The summed E-state index contributed by atoms with van der Waals surface area (Å²) in [7, 11) is -0.710. The number of carboxylic acids is 1. The van der Waals surface area contributed by atoms with Crippen molar-refractivity contribution in [3.05, 3.63) is 46.7 Å². The van der Waals surface area contributed by atoms with E-state index in [9.17, 15) is 14.3 Å². The van der Waals surface area contributed by atoms with E-state index in [0.29, 0.717) is 11.0 Å². The van der Waals surface area contributed by atoms with Gasteiger partial charge in [-0.2, -0.15) is 0 Å². The van der Waals surface area contributed by atoms with Crippen LogP contribution in [-0.4, -0.2) is 41.1 Å². The molecule has 25 heavy (non-hydrogen) atoms. The number of hydrogen-bond acceptors (Lipinski definition) is 4. The molecule has 0 amide bonds. The molecule has 1 aliphatic rings. The van der Waals surface area contributed by atoms with Crippen molar-refractivity contribution in [3.63, 3.8) is 0 Å². The summed E-state index contributed by atoms with van der Waals surface area (Å²) in [5.41, 5.74) is 0.166. The lowest BCUT2D eigenvalue weighted by Gasteiger charge is -2.32. The lowest BCUT2D eigenvalue weighted by molar-refractivity contribution is -0.131. The number of aliphatic hydroxyl groups is 1. The predicted octanol–water partition coefficient (Wildman–Crippen LogP) is 2.93. The van der Waals surface area contributed by atoms with Crippen molar-refractivity contribution in [2.75, 3.05) is 6.61 Å². The van der Waals surface area contributed by atoms with Gasteiger partial charge < -0.3 is 19.5 Å². The van der Waals surface area contributed by atoms with Crippen molar-refractivity contribution in [2.45, 2.75) is 38.9 Å². The van der Waals surface area contributed by atoms with E-state index in [-0.39, 0.29) is 12.2 Å². The van der Waals surface area contributed by atoms with Crippen LogP contribution in [0.5, 0.6) is 0 Å². The van der Waals surface area contributed by atoms with Gasteiger partial charge in [-0.3, -0.25) is 0 Å². The molecule has 0 bridgehead atoms. The molecule has 0 radical (unpaired) electrons. The molecule has 0 aromatic heterocycles. The smallest absolute Gasteiger partial charge is 0.478 e. The molecule has 1 aromatic rings. The minimum Gasteiger partial charge on any atom is -0.478 e. The van der Waals surface area contributed by atoms with E-state index in [4.69, 9.17) is 14.4 Å². The van der Waals surface area contributed by atoms with Gasteiger partial charge in [0, 0.05) is 11.6 Å². The van der Waals surface area contributed by atoms with Gasteiger partial charge in [0.05, 0.1) is 17.8 Å². The van der Waals surface area contributed by atoms with Crippen LogP contribution in [0.15, 0.2) is 29.7 Å². The second-order valence-corrected chi connectivity index (χ2v) is 6.92. The normalized spacial score (nSPS) is 19.6. The highest BCUT2D eigenvalue weighted by molar-refractivity contribution is 6.55. The molecule has 5 nitrogen and oxygen atoms in total. The minimum absolute atomic E-state index is 0.141. The summed E-state index contributed by atoms with van der Waals surface area (Å²) in [6.07, 6.45) is 3.70. The van der Waals surface area contributed by atoms with Gasteiger partial charge in [-0.05, 0) is 56.9 Å². The van der Waals surface area contributed by atoms with E-state index < -0.39 is 30.1 Å². The Kier molecular flexibility index (Phi) is 5.51. The van der Waals surface area contributed by atoms with Crippen LogP contribution in [0.2, 0.25) is 0 Å².